The van der Waals surface area contributed by atoms with E-state index in [0.717, 1.165) is 33.5 Å². The van der Waals surface area contributed by atoms with Crippen LogP contribution in [0.1, 0.15) is 46.1 Å². The Hall–Kier alpha value is -1.07. The van der Waals surface area contributed by atoms with Crippen molar-refractivity contribution in [3.05, 3.63) is 33.8 Å². The molecule has 1 aromatic carbocycles. The molecule has 0 N–H and O–H groups in total. The van der Waals surface area contributed by atoms with Crippen molar-refractivity contribution in [3.8, 4) is 11.5 Å². The third-order valence-corrected chi connectivity index (χ3v) is 10.5. The zero-order valence-electron chi connectivity index (χ0n) is 17.0. The molecular weight excluding hydrogens is 408 g/mol. The molecule has 26 heavy (non-hydrogen) atoms. The number of hydrogen-bond acceptors (Lipinski definition) is 3. The van der Waals surface area contributed by atoms with E-state index in [-0.39, 0.29) is 10.8 Å². The molecule has 144 valence electrons. The molecule has 0 saturated heterocycles. The zero-order valence-corrected chi connectivity index (χ0v) is 19.6. The smallest absolute Gasteiger partial charge is 0.250 e. The summed E-state index contributed by atoms with van der Waals surface area (Å²) in [6, 6.07) is 3.99. The fourth-order valence-electron chi connectivity index (χ4n) is 2.76. The van der Waals surface area contributed by atoms with Crippen LogP contribution in [0, 0.1) is 5.92 Å². The van der Waals surface area contributed by atoms with Crippen LogP contribution in [0.2, 0.25) is 18.1 Å². The van der Waals surface area contributed by atoms with Crippen molar-refractivity contribution in [2.45, 2.75) is 65.1 Å². The molecule has 0 bridgehead atoms. The van der Waals surface area contributed by atoms with E-state index >= 15 is 0 Å². The SMILES string of the molecule is COc1cc(CC2=CCC(C)CC2=O)c(O[Si](C)(C)C(C)(C)C)cc1Br. The predicted octanol–water partition coefficient (Wildman–Crippen LogP) is 6.31. The van der Waals surface area contributed by atoms with Gasteiger partial charge in [-0.3, -0.25) is 4.79 Å². The molecule has 0 radical (unpaired) electrons. The lowest BCUT2D eigenvalue weighted by molar-refractivity contribution is -0.116. The monoisotopic (exact) mass is 438 g/mol. The number of hydrogen-bond donors (Lipinski definition) is 0. The van der Waals surface area contributed by atoms with Crippen molar-refractivity contribution in [2.24, 2.45) is 5.92 Å². The molecule has 0 spiro atoms. The minimum absolute atomic E-state index is 0.103. The summed E-state index contributed by atoms with van der Waals surface area (Å²) in [6.45, 7) is 13.3. The highest BCUT2D eigenvalue weighted by molar-refractivity contribution is 9.10. The van der Waals surface area contributed by atoms with E-state index < -0.39 is 8.32 Å². The summed E-state index contributed by atoms with van der Waals surface area (Å²) < 4.78 is 12.9. The number of ketones is 1. The number of carbonyl (C=O) groups excluding carboxylic acids is 1. The van der Waals surface area contributed by atoms with E-state index in [1.807, 2.05) is 12.1 Å². The number of benzene rings is 1. The van der Waals surface area contributed by atoms with Crippen LogP contribution >= 0.6 is 15.9 Å². The van der Waals surface area contributed by atoms with Crippen LogP contribution in [0.3, 0.4) is 0 Å². The van der Waals surface area contributed by atoms with Crippen LogP contribution in [0.4, 0.5) is 0 Å². The Morgan fingerprint density at radius 1 is 1.23 bits per heavy atom. The van der Waals surface area contributed by atoms with Gasteiger partial charge in [-0.15, -0.1) is 0 Å². The van der Waals surface area contributed by atoms with Gasteiger partial charge in [0.25, 0.3) is 0 Å². The Labute approximate surface area is 167 Å². The summed E-state index contributed by atoms with van der Waals surface area (Å²) in [4.78, 5) is 12.4. The standard InChI is InChI=1S/C21H31BrO3Si/c1-14-8-9-15(18(23)10-14)11-16-12-20(24-5)17(22)13-19(16)25-26(6,7)21(2,3)4/h9,12-14H,8,10-11H2,1-7H3. The fourth-order valence-corrected chi connectivity index (χ4v) is 4.29. The van der Waals surface area contributed by atoms with E-state index in [1.54, 1.807) is 7.11 Å². The minimum Gasteiger partial charge on any atom is -0.543 e. The lowest BCUT2D eigenvalue weighted by atomic mass is 9.87. The predicted molar refractivity (Wildman–Crippen MR) is 114 cm³/mol. The molecule has 0 aromatic heterocycles. The van der Waals surface area contributed by atoms with E-state index in [0.29, 0.717) is 18.8 Å². The molecule has 0 heterocycles. The minimum atomic E-state index is -1.99. The van der Waals surface area contributed by atoms with Gasteiger partial charge in [0.1, 0.15) is 11.5 Å². The molecule has 3 nitrogen and oxygen atoms in total. The van der Waals surface area contributed by atoms with Crippen LogP contribution < -0.4 is 9.16 Å². The van der Waals surface area contributed by atoms with Crippen LogP contribution in [0.5, 0.6) is 11.5 Å². The molecule has 0 aliphatic heterocycles. The lowest BCUT2D eigenvalue weighted by Gasteiger charge is -2.37. The first kappa shape index (κ1) is 21.2. The number of ether oxygens (including phenoxy) is 1. The molecule has 0 amide bonds. The Balaban J connectivity index is 2.42. The van der Waals surface area contributed by atoms with Gasteiger partial charge in [0, 0.05) is 18.4 Å². The summed E-state index contributed by atoms with van der Waals surface area (Å²) in [5, 5.41) is 0.103. The van der Waals surface area contributed by atoms with E-state index in [2.05, 4.69) is 62.8 Å². The quantitative estimate of drug-likeness (QED) is 0.505. The molecule has 1 aliphatic carbocycles. The first-order valence-electron chi connectivity index (χ1n) is 9.22. The summed E-state index contributed by atoms with van der Waals surface area (Å²) in [5.74, 6) is 2.31. The molecule has 2 rings (SSSR count). The number of allylic oxidation sites excluding steroid dienone is 2. The van der Waals surface area contributed by atoms with E-state index in [9.17, 15) is 4.79 Å². The van der Waals surface area contributed by atoms with Gasteiger partial charge in [-0.25, -0.2) is 0 Å². The van der Waals surface area contributed by atoms with Crippen molar-refractivity contribution in [1.82, 2.24) is 0 Å². The second-order valence-corrected chi connectivity index (χ2v) is 14.4. The Bertz CT molecular complexity index is 717. The van der Waals surface area contributed by atoms with Crippen molar-refractivity contribution < 1.29 is 14.0 Å². The van der Waals surface area contributed by atoms with E-state index in [1.165, 1.54) is 0 Å². The lowest BCUT2D eigenvalue weighted by Crippen LogP contribution is -2.44. The highest BCUT2D eigenvalue weighted by Gasteiger charge is 2.39. The van der Waals surface area contributed by atoms with Gasteiger partial charge in [0.05, 0.1) is 11.6 Å². The Morgan fingerprint density at radius 3 is 2.42 bits per heavy atom. The molecule has 0 saturated carbocycles. The maximum absolute atomic E-state index is 12.4. The fraction of sp³-hybridized carbons (Fsp3) is 0.571. The average molecular weight is 439 g/mol. The van der Waals surface area contributed by atoms with Crippen LogP contribution in [0.25, 0.3) is 0 Å². The molecule has 1 unspecified atom stereocenters. The maximum atomic E-state index is 12.4. The summed E-state index contributed by atoms with van der Waals surface area (Å²) in [5.41, 5.74) is 1.91. The number of rotatable bonds is 5. The molecule has 1 atom stereocenters. The average Bonchev–Trinajstić information content (AvgIpc) is 2.50. The third-order valence-electron chi connectivity index (χ3n) is 5.55. The van der Waals surface area contributed by atoms with Crippen LogP contribution in [-0.4, -0.2) is 21.2 Å². The summed E-state index contributed by atoms with van der Waals surface area (Å²) >= 11 is 3.57. The first-order valence-corrected chi connectivity index (χ1v) is 12.9. The second kappa shape index (κ2) is 7.89. The van der Waals surface area contributed by atoms with Crippen molar-refractivity contribution in [1.29, 1.82) is 0 Å². The summed E-state index contributed by atoms with van der Waals surface area (Å²) in [7, 11) is -0.330. The Morgan fingerprint density at radius 2 is 1.88 bits per heavy atom. The largest absolute Gasteiger partial charge is 0.543 e. The molecule has 0 fully saturated rings. The molecule has 1 aliphatic rings. The zero-order chi connectivity index (χ0) is 19.7. The van der Waals surface area contributed by atoms with Crippen molar-refractivity contribution in [2.75, 3.05) is 7.11 Å². The normalized spacial score (nSPS) is 18.5. The second-order valence-electron chi connectivity index (χ2n) is 8.83. The van der Waals surface area contributed by atoms with Gasteiger partial charge >= 0.3 is 0 Å². The number of Topliss-reactive ketones (excluding diaryl/α,β-unsaturated/α-hetero) is 1. The van der Waals surface area contributed by atoms with Gasteiger partial charge in [-0.05, 0) is 64.1 Å². The molecular formula is C21H31BrO3Si. The number of carbonyl (C=O) groups is 1. The first-order chi connectivity index (χ1) is 11.9. The van der Waals surface area contributed by atoms with Gasteiger partial charge in [-0.1, -0.05) is 33.8 Å². The van der Waals surface area contributed by atoms with Crippen LogP contribution in [0.15, 0.2) is 28.3 Å². The molecule has 5 heteroatoms. The van der Waals surface area contributed by atoms with Gasteiger partial charge in [0.15, 0.2) is 5.78 Å². The Kier molecular flexibility index (Phi) is 6.44. The highest BCUT2D eigenvalue weighted by Crippen LogP contribution is 2.41. The number of methoxy groups -OCH3 is 1. The van der Waals surface area contributed by atoms with E-state index in [4.69, 9.17) is 9.16 Å². The topological polar surface area (TPSA) is 35.5 Å². The van der Waals surface area contributed by atoms with Crippen LogP contribution in [-0.2, 0) is 11.2 Å². The highest BCUT2D eigenvalue weighted by atomic mass is 79.9. The van der Waals surface area contributed by atoms with Gasteiger partial charge in [0.2, 0.25) is 8.32 Å². The van der Waals surface area contributed by atoms with Crippen molar-refractivity contribution >= 4 is 30.0 Å². The maximum Gasteiger partial charge on any atom is 0.250 e. The van der Waals surface area contributed by atoms with Gasteiger partial charge in [-0.2, -0.15) is 0 Å². The number of halogens is 1. The molecule has 1 aromatic rings. The third kappa shape index (κ3) is 4.80. The van der Waals surface area contributed by atoms with Gasteiger partial charge < -0.3 is 9.16 Å². The summed E-state index contributed by atoms with van der Waals surface area (Å²) in [6.07, 6.45) is 4.30. The van der Waals surface area contributed by atoms with Crippen molar-refractivity contribution in [3.63, 3.8) is 0 Å².